The number of fused-ring (bicyclic) bond motifs is 1. The summed E-state index contributed by atoms with van der Waals surface area (Å²) in [5, 5.41) is 19.3. The van der Waals surface area contributed by atoms with Crippen LogP contribution in [0, 0.1) is 0 Å². The fraction of sp³-hybridized carbons (Fsp3) is 0.440. The molecule has 3 aromatic rings. The van der Waals surface area contributed by atoms with E-state index in [2.05, 4.69) is 50.5 Å². The Bertz CT molecular complexity index is 1140. The number of rotatable bonds is 6. The summed E-state index contributed by atoms with van der Waals surface area (Å²) in [4.78, 5) is 17.5. The number of anilines is 1. The van der Waals surface area contributed by atoms with Gasteiger partial charge in [0.25, 0.3) is 5.91 Å². The number of likely N-dealkylation sites (tertiary alicyclic amines) is 1. The Morgan fingerprint density at radius 3 is 2.76 bits per heavy atom. The first-order valence-electron chi connectivity index (χ1n) is 11.8. The van der Waals surface area contributed by atoms with E-state index in [4.69, 9.17) is 0 Å². The van der Waals surface area contributed by atoms with Crippen LogP contribution < -0.4 is 5.01 Å². The van der Waals surface area contributed by atoms with Crippen molar-refractivity contribution < 1.29 is 4.79 Å². The van der Waals surface area contributed by atoms with Crippen molar-refractivity contribution in [3.63, 3.8) is 0 Å². The van der Waals surface area contributed by atoms with Crippen molar-refractivity contribution in [1.29, 1.82) is 0 Å². The molecule has 1 fully saturated rings. The molecule has 2 aliphatic heterocycles. The van der Waals surface area contributed by atoms with Gasteiger partial charge in [-0.05, 0) is 76.7 Å². The highest BCUT2D eigenvalue weighted by molar-refractivity contribution is 5.95. The number of hydrogen-bond donors (Lipinski definition) is 1. The van der Waals surface area contributed by atoms with Crippen molar-refractivity contribution in [2.24, 2.45) is 10.3 Å². The molecule has 0 spiro atoms. The van der Waals surface area contributed by atoms with E-state index < -0.39 is 0 Å². The fourth-order valence-corrected chi connectivity index (χ4v) is 4.82. The summed E-state index contributed by atoms with van der Waals surface area (Å²) in [7, 11) is 4.17. The molecule has 0 aliphatic carbocycles. The van der Waals surface area contributed by atoms with Gasteiger partial charge in [-0.3, -0.25) is 9.89 Å². The predicted octanol–water partition coefficient (Wildman–Crippen LogP) is 4.44. The van der Waals surface area contributed by atoms with E-state index in [9.17, 15) is 4.79 Å². The molecule has 1 aromatic heterocycles. The Hall–Kier alpha value is -3.26. The molecule has 1 saturated heterocycles. The van der Waals surface area contributed by atoms with Crippen LogP contribution >= 0.6 is 0 Å². The number of aromatic nitrogens is 2. The molecule has 2 atom stereocenters. The highest BCUT2D eigenvalue weighted by atomic mass is 16.2. The number of hydrogen-bond acceptors (Lipinski definition) is 6. The van der Waals surface area contributed by atoms with Crippen LogP contribution in [0.5, 0.6) is 0 Å². The normalized spacial score (nSPS) is 20.8. The Kier molecular flexibility index (Phi) is 6.09. The van der Waals surface area contributed by atoms with E-state index in [0.29, 0.717) is 12.6 Å². The lowest BCUT2D eigenvalue weighted by Crippen LogP contribution is -2.44. The number of nitrogens with zero attached hydrogens (tertiary/aromatic N) is 6. The van der Waals surface area contributed by atoms with E-state index >= 15 is 0 Å². The molecule has 33 heavy (non-hydrogen) atoms. The zero-order valence-electron chi connectivity index (χ0n) is 19.3. The zero-order chi connectivity index (χ0) is 22.8. The molecule has 8 heteroatoms. The molecule has 2 aromatic carbocycles. The van der Waals surface area contributed by atoms with Gasteiger partial charge in [-0.25, -0.2) is 5.01 Å². The van der Waals surface area contributed by atoms with Crippen LogP contribution in [0.2, 0.25) is 0 Å². The number of nitrogens with one attached hydrogen (secondary N) is 1. The number of carbonyl (C=O) groups excluding carboxylic acids is 1. The molecular formula is C25H31N7O. The van der Waals surface area contributed by atoms with Gasteiger partial charge in [-0.15, -0.1) is 0 Å². The average Bonchev–Trinajstić information content (AvgIpc) is 3.50. The van der Waals surface area contributed by atoms with Gasteiger partial charge < -0.3 is 9.80 Å². The number of aromatic amines is 1. The first kappa shape index (κ1) is 21.6. The summed E-state index contributed by atoms with van der Waals surface area (Å²) >= 11 is 0. The number of amides is 1. The van der Waals surface area contributed by atoms with Crippen molar-refractivity contribution >= 4 is 22.5 Å². The van der Waals surface area contributed by atoms with E-state index in [1.807, 2.05) is 47.5 Å². The van der Waals surface area contributed by atoms with Gasteiger partial charge in [0, 0.05) is 23.5 Å². The van der Waals surface area contributed by atoms with Gasteiger partial charge in [0.1, 0.15) is 6.04 Å². The second-order valence-electron chi connectivity index (χ2n) is 9.24. The standard InChI is InChI=1S/C25H31N7O/c1-30(2)16-14-19-7-5-6-15-31(19)25(33)18-10-12-20(13-11-18)32-17-23(27-29-32)24-21-8-3-4-9-22(21)26-28-24/h3-4,8-13,19,23H,5-7,14-17H2,1-2H3,(H,26,28). The number of benzene rings is 2. The summed E-state index contributed by atoms with van der Waals surface area (Å²) in [6.07, 6.45) is 4.40. The molecule has 8 nitrogen and oxygen atoms in total. The molecule has 3 heterocycles. The summed E-state index contributed by atoms with van der Waals surface area (Å²) in [6, 6.07) is 16.0. The largest absolute Gasteiger partial charge is 0.336 e. The number of H-pyrrole nitrogens is 1. The minimum absolute atomic E-state index is 0.117. The van der Waals surface area contributed by atoms with Crippen LogP contribution in [0.15, 0.2) is 58.9 Å². The maximum Gasteiger partial charge on any atom is 0.254 e. The SMILES string of the molecule is CN(C)CCC1CCCCN1C(=O)c1ccc(N2CC(c3n[nH]c4ccccc34)N=N2)cc1. The first-order chi connectivity index (χ1) is 16.1. The van der Waals surface area contributed by atoms with Gasteiger partial charge in [0.05, 0.1) is 23.4 Å². The lowest BCUT2D eigenvalue weighted by Gasteiger charge is -2.36. The molecule has 2 unspecified atom stereocenters. The van der Waals surface area contributed by atoms with Crippen molar-refractivity contribution in [2.45, 2.75) is 37.8 Å². The van der Waals surface area contributed by atoms with Crippen LogP contribution in [0.1, 0.15) is 47.8 Å². The van der Waals surface area contributed by atoms with Crippen molar-refractivity contribution in [1.82, 2.24) is 20.0 Å². The highest BCUT2D eigenvalue weighted by Crippen LogP contribution is 2.32. The van der Waals surface area contributed by atoms with E-state index in [1.54, 1.807) is 0 Å². The minimum atomic E-state index is -0.117. The Morgan fingerprint density at radius 2 is 1.94 bits per heavy atom. The second kappa shape index (κ2) is 9.31. The number of carbonyl (C=O) groups is 1. The van der Waals surface area contributed by atoms with Crippen LogP contribution in [-0.2, 0) is 0 Å². The molecular weight excluding hydrogens is 414 g/mol. The molecule has 2 aliphatic rings. The summed E-state index contributed by atoms with van der Waals surface area (Å²) < 4.78 is 0. The molecule has 1 amide bonds. The van der Waals surface area contributed by atoms with E-state index in [-0.39, 0.29) is 11.9 Å². The lowest BCUT2D eigenvalue weighted by atomic mass is 9.98. The third-order valence-corrected chi connectivity index (χ3v) is 6.67. The highest BCUT2D eigenvalue weighted by Gasteiger charge is 2.29. The average molecular weight is 446 g/mol. The van der Waals surface area contributed by atoms with Crippen LogP contribution in [0.3, 0.4) is 0 Å². The van der Waals surface area contributed by atoms with Crippen molar-refractivity contribution in [3.05, 3.63) is 59.8 Å². The molecule has 1 N–H and O–H groups in total. The van der Waals surface area contributed by atoms with Crippen LogP contribution in [-0.4, -0.2) is 65.7 Å². The van der Waals surface area contributed by atoms with Crippen molar-refractivity contribution in [3.8, 4) is 0 Å². The monoisotopic (exact) mass is 445 g/mol. The molecule has 172 valence electrons. The van der Waals surface area contributed by atoms with Crippen LogP contribution in [0.4, 0.5) is 5.69 Å². The smallest absolute Gasteiger partial charge is 0.254 e. The lowest BCUT2D eigenvalue weighted by molar-refractivity contribution is 0.0591. The van der Waals surface area contributed by atoms with E-state index in [0.717, 1.165) is 60.2 Å². The topological polar surface area (TPSA) is 80.2 Å². The molecule has 0 radical (unpaired) electrons. The molecule has 0 bridgehead atoms. The molecule has 0 saturated carbocycles. The summed E-state index contributed by atoms with van der Waals surface area (Å²) in [5.74, 6) is 0.133. The predicted molar refractivity (Wildman–Crippen MR) is 129 cm³/mol. The van der Waals surface area contributed by atoms with Gasteiger partial charge in [0.15, 0.2) is 0 Å². The Balaban J connectivity index is 1.26. The van der Waals surface area contributed by atoms with Gasteiger partial charge in [-0.1, -0.05) is 23.4 Å². The maximum absolute atomic E-state index is 13.3. The first-order valence-corrected chi connectivity index (χ1v) is 11.8. The fourth-order valence-electron chi connectivity index (χ4n) is 4.82. The van der Waals surface area contributed by atoms with Gasteiger partial charge >= 0.3 is 0 Å². The van der Waals surface area contributed by atoms with Gasteiger partial charge in [-0.2, -0.15) is 10.2 Å². The van der Waals surface area contributed by atoms with Crippen LogP contribution in [0.25, 0.3) is 10.9 Å². The van der Waals surface area contributed by atoms with Gasteiger partial charge in [0.2, 0.25) is 0 Å². The third kappa shape index (κ3) is 4.48. The van der Waals surface area contributed by atoms with Crippen molar-refractivity contribution in [2.75, 3.05) is 38.7 Å². The Labute approximate surface area is 194 Å². The number of piperidine rings is 1. The quantitative estimate of drug-likeness (QED) is 0.608. The maximum atomic E-state index is 13.3. The third-order valence-electron chi connectivity index (χ3n) is 6.67. The summed E-state index contributed by atoms with van der Waals surface area (Å²) in [6.45, 7) is 2.47. The van der Waals surface area contributed by atoms with E-state index in [1.165, 1.54) is 6.42 Å². The number of para-hydroxylation sites is 1. The minimum Gasteiger partial charge on any atom is -0.336 e. The summed E-state index contributed by atoms with van der Waals surface area (Å²) in [5.41, 5.74) is 3.59. The zero-order valence-corrected chi connectivity index (χ0v) is 19.3. The second-order valence-corrected chi connectivity index (χ2v) is 9.24. The molecule has 5 rings (SSSR count). The Morgan fingerprint density at radius 1 is 1.12 bits per heavy atom.